The van der Waals surface area contributed by atoms with Crippen LogP contribution < -0.4 is 0 Å². The van der Waals surface area contributed by atoms with Gasteiger partial charge in [0.25, 0.3) is 5.69 Å². The van der Waals surface area contributed by atoms with Crippen molar-refractivity contribution in [3.8, 4) is 17.3 Å². The number of non-ortho nitro benzene ring substituents is 1. The quantitative estimate of drug-likeness (QED) is 0.334. The Morgan fingerprint density at radius 3 is 2.67 bits per heavy atom. The number of aromatic nitrogens is 3. The molecule has 0 bridgehead atoms. The monoisotopic (exact) mass is 395 g/mol. The number of benzene rings is 2. The summed E-state index contributed by atoms with van der Waals surface area (Å²) in [5.41, 5.74) is 4.00. The minimum Gasteiger partial charge on any atom is -0.270 e. The molecule has 4 aromatic rings. The first-order valence-electron chi connectivity index (χ1n) is 9.38. The average Bonchev–Trinajstić information content (AvgIpc) is 3.19. The standard InChI is InChI=1S/C23H17N5O2/c24-14-5-15-27-16-18(23(26-27)17-6-2-1-3-7-17)10-11-19-12-13-20-21(25-19)8-4-9-22(20)28(29)30/h1-4,6-13,16H,5,15H2. The predicted molar refractivity (Wildman–Crippen MR) is 115 cm³/mol. The van der Waals surface area contributed by atoms with E-state index in [9.17, 15) is 10.1 Å². The summed E-state index contributed by atoms with van der Waals surface area (Å²) in [6, 6.07) is 20.3. The van der Waals surface area contributed by atoms with E-state index in [1.165, 1.54) is 6.07 Å². The fraction of sp³-hybridized carbons (Fsp3) is 0.0870. The second-order valence-corrected chi connectivity index (χ2v) is 6.64. The maximum absolute atomic E-state index is 11.2. The van der Waals surface area contributed by atoms with Crippen molar-refractivity contribution in [3.63, 3.8) is 0 Å². The Bertz CT molecular complexity index is 1290. The number of aryl methyl sites for hydroxylation is 1. The number of hydrogen-bond acceptors (Lipinski definition) is 5. The van der Waals surface area contributed by atoms with Crippen LogP contribution in [0.25, 0.3) is 34.3 Å². The lowest BCUT2D eigenvalue weighted by Gasteiger charge is -2.01. The van der Waals surface area contributed by atoms with Gasteiger partial charge in [-0.15, -0.1) is 0 Å². The number of fused-ring (bicyclic) bond motifs is 1. The van der Waals surface area contributed by atoms with E-state index in [0.717, 1.165) is 16.8 Å². The fourth-order valence-electron chi connectivity index (χ4n) is 3.24. The SMILES string of the molecule is N#CCCn1cc(C=Cc2ccc3c([N+](=O)[O-])cccc3n2)c(-c2ccccc2)n1. The highest BCUT2D eigenvalue weighted by Gasteiger charge is 2.12. The highest BCUT2D eigenvalue weighted by molar-refractivity contribution is 5.89. The van der Waals surface area contributed by atoms with E-state index in [1.54, 1.807) is 28.9 Å². The minimum absolute atomic E-state index is 0.0423. The molecule has 2 heterocycles. The summed E-state index contributed by atoms with van der Waals surface area (Å²) in [4.78, 5) is 15.3. The van der Waals surface area contributed by atoms with Crippen LogP contribution in [0.5, 0.6) is 0 Å². The molecule has 0 radical (unpaired) electrons. The Morgan fingerprint density at radius 2 is 1.90 bits per heavy atom. The first-order chi connectivity index (χ1) is 14.7. The zero-order chi connectivity index (χ0) is 20.9. The van der Waals surface area contributed by atoms with Crippen molar-refractivity contribution in [1.82, 2.24) is 14.8 Å². The molecule has 0 unspecified atom stereocenters. The molecule has 7 heteroatoms. The van der Waals surface area contributed by atoms with Crippen LogP contribution in [-0.2, 0) is 6.54 Å². The molecule has 0 N–H and O–H groups in total. The topological polar surface area (TPSA) is 97.6 Å². The Balaban J connectivity index is 1.70. The molecule has 0 spiro atoms. The number of pyridine rings is 1. The summed E-state index contributed by atoms with van der Waals surface area (Å²) < 4.78 is 1.77. The zero-order valence-electron chi connectivity index (χ0n) is 16.0. The zero-order valence-corrected chi connectivity index (χ0v) is 16.0. The van der Waals surface area contributed by atoms with Gasteiger partial charge in [-0.25, -0.2) is 4.98 Å². The van der Waals surface area contributed by atoms with Crippen LogP contribution >= 0.6 is 0 Å². The maximum Gasteiger partial charge on any atom is 0.278 e. The van der Waals surface area contributed by atoms with E-state index in [0.29, 0.717) is 29.6 Å². The van der Waals surface area contributed by atoms with Crippen LogP contribution in [0, 0.1) is 21.4 Å². The van der Waals surface area contributed by atoms with E-state index < -0.39 is 4.92 Å². The third-order valence-electron chi connectivity index (χ3n) is 4.65. The summed E-state index contributed by atoms with van der Waals surface area (Å²) in [6.45, 7) is 0.516. The van der Waals surface area contributed by atoms with Crippen molar-refractivity contribution in [1.29, 1.82) is 5.26 Å². The highest BCUT2D eigenvalue weighted by atomic mass is 16.6. The Kier molecular flexibility index (Phi) is 5.31. The van der Waals surface area contributed by atoms with Gasteiger partial charge < -0.3 is 0 Å². The smallest absolute Gasteiger partial charge is 0.270 e. The number of hydrogen-bond donors (Lipinski definition) is 0. The molecule has 4 rings (SSSR count). The average molecular weight is 395 g/mol. The number of rotatable bonds is 6. The molecule has 0 aliphatic rings. The van der Waals surface area contributed by atoms with E-state index in [2.05, 4.69) is 16.2 Å². The van der Waals surface area contributed by atoms with Gasteiger partial charge in [0.1, 0.15) is 0 Å². The molecule has 146 valence electrons. The summed E-state index contributed by atoms with van der Waals surface area (Å²) in [5.74, 6) is 0. The highest BCUT2D eigenvalue weighted by Crippen LogP contribution is 2.26. The van der Waals surface area contributed by atoms with Crippen molar-refractivity contribution >= 4 is 28.7 Å². The van der Waals surface area contributed by atoms with Gasteiger partial charge in [0.05, 0.1) is 46.2 Å². The lowest BCUT2D eigenvalue weighted by molar-refractivity contribution is -0.383. The maximum atomic E-state index is 11.2. The summed E-state index contributed by atoms with van der Waals surface area (Å²) in [6.07, 6.45) is 6.06. The normalized spacial score (nSPS) is 11.0. The molecule has 0 saturated heterocycles. The van der Waals surface area contributed by atoms with Gasteiger partial charge in [0.2, 0.25) is 0 Å². The van der Waals surface area contributed by atoms with Gasteiger partial charge in [-0.05, 0) is 30.4 Å². The molecule has 0 aliphatic carbocycles. The van der Waals surface area contributed by atoms with Crippen molar-refractivity contribution < 1.29 is 4.92 Å². The van der Waals surface area contributed by atoms with Crippen LogP contribution in [0.4, 0.5) is 5.69 Å². The molecule has 7 nitrogen and oxygen atoms in total. The van der Waals surface area contributed by atoms with Crippen LogP contribution in [-0.4, -0.2) is 19.7 Å². The number of nitro benzene ring substituents is 1. The molecule has 2 aromatic carbocycles. The van der Waals surface area contributed by atoms with Crippen LogP contribution in [0.3, 0.4) is 0 Å². The third-order valence-corrected chi connectivity index (χ3v) is 4.65. The summed E-state index contributed by atoms with van der Waals surface area (Å²) in [5, 5.41) is 25.2. The van der Waals surface area contributed by atoms with Crippen LogP contribution in [0.15, 0.2) is 66.9 Å². The van der Waals surface area contributed by atoms with Gasteiger partial charge in [-0.3, -0.25) is 14.8 Å². The third kappa shape index (κ3) is 3.93. The largest absolute Gasteiger partial charge is 0.278 e. The summed E-state index contributed by atoms with van der Waals surface area (Å²) >= 11 is 0. The van der Waals surface area contributed by atoms with Crippen molar-refractivity contribution in [2.24, 2.45) is 0 Å². The molecule has 2 aromatic heterocycles. The van der Waals surface area contributed by atoms with E-state index >= 15 is 0 Å². The molecule has 0 aliphatic heterocycles. The summed E-state index contributed by atoms with van der Waals surface area (Å²) in [7, 11) is 0. The Hall–Kier alpha value is -4.31. The number of nitriles is 1. The van der Waals surface area contributed by atoms with E-state index in [-0.39, 0.29) is 5.69 Å². The van der Waals surface area contributed by atoms with Crippen molar-refractivity contribution in [2.45, 2.75) is 13.0 Å². The van der Waals surface area contributed by atoms with Gasteiger partial charge in [0, 0.05) is 23.4 Å². The Morgan fingerprint density at radius 1 is 1.07 bits per heavy atom. The molecule has 30 heavy (non-hydrogen) atoms. The van der Waals surface area contributed by atoms with E-state index in [4.69, 9.17) is 5.26 Å². The molecule has 0 amide bonds. The molecular formula is C23H17N5O2. The second-order valence-electron chi connectivity index (χ2n) is 6.64. The van der Waals surface area contributed by atoms with Gasteiger partial charge in [-0.2, -0.15) is 10.4 Å². The minimum atomic E-state index is -0.401. The van der Waals surface area contributed by atoms with Crippen molar-refractivity contribution in [3.05, 3.63) is 88.2 Å². The number of nitrogens with zero attached hydrogens (tertiary/aromatic N) is 5. The Labute approximate surface area is 172 Å². The van der Waals surface area contributed by atoms with Gasteiger partial charge in [-0.1, -0.05) is 36.4 Å². The molecule has 0 fully saturated rings. The lowest BCUT2D eigenvalue weighted by atomic mass is 10.1. The van der Waals surface area contributed by atoms with Crippen molar-refractivity contribution in [2.75, 3.05) is 0 Å². The second kappa shape index (κ2) is 8.37. The molecule has 0 atom stereocenters. The number of nitro groups is 1. The molecular weight excluding hydrogens is 378 g/mol. The van der Waals surface area contributed by atoms with E-state index in [1.807, 2.05) is 48.7 Å². The first kappa shape index (κ1) is 19.0. The lowest BCUT2D eigenvalue weighted by Crippen LogP contribution is -1.97. The fourth-order valence-corrected chi connectivity index (χ4v) is 3.24. The van der Waals surface area contributed by atoms with Gasteiger partial charge >= 0.3 is 0 Å². The van der Waals surface area contributed by atoms with Crippen LogP contribution in [0.1, 0.15) is 17.7 Å². The van der Waals surface area contributed by atoms with Gasteiger partial charge in [0.15, 0.2) is 0 Å². The predicted octanol–water partition coefficient (Wildman–Crippen LogP) is 5.09. The van der Waals surface area contributed by atoms with Crippen LogP contribution in [0.2, 0.25) is 0 Å². The molecule has 0 saturated carbocycles. The first-order valence-corrected chi connectivity index (χ1v) is 9.38.